The Labute approximate surface area is 147 Å². The normalized spacial score (nSPS) is 10.6. The third kappa shape index (κ3) is 3.03. The average Bonchev–Trinajstić information content (AvgIpc) is 3.34. The Bertz CT molecular complexity index is 1020. The molecule has 128 valence electrons. The van der Waals surface area contributed by atoms with Gasteiger partial charge in [0.15, 0.2) is 0 Å². The van der Waals surface area contributed by atoms with Crippen LogP contribution < -0.4 is 4.74 Å². The van der Waals surface area contributed by atoms with Crippen molar-refractivity contribution in [1.29, 1.82) is 0 Å². The van der Waals surface area contributed by atoms with Crippen molar-refractivity contribution < 1.29 is 14.6 Å². The largest absolute Gasteiger partial charge is 0.476 e. The second-order valence-electron chi connectivity index (χ2n) is 5.42. The maximum absolute atomic E-state index is 11.0. The van der Waals surface area contributed by atoms with Crippen LogP contribution >= 0.6 is 0 Å². The van der Waals surface area contributed by atoms with Crippen LogP contribution in [0, 0.1) is 0 Å². The lowest BCUT2D eigenvalue weighted by Gasteiger charge is -2.07. The number of ether oxygens (including phenoxy) is 1. The minimum atomic E-state index is -1.18. The predicted molar refractivity (Wildman–Crippen MR) is 92.4 cm³/mol. The van der Waals surface area contributed by atoms with Crippen molar-refractivity contribution in [2.75, 3.05) is 0 Å². The van der Waals surface area contributed by atoms with Crippen LogP contribution in [0.25, 0.3) is 16.8 Å². The van der Waals surface area contributed by atoms with Crippen molar-refractivity contribution in [2.24, 2.45) is 0 Å². The van der Waals surface area contributed by atoms with E-state index in [0.717, 1.165) is 16.8 Å². The standard InChI is InChI=1S/C18H13N5O3/c24-18(25)16-17(21-22-20-16)26-15-8-4-13(5-9-15)12-2-6-14(7-3-12)23-11-1-10-19-23/h1-11H,(H,24,25)(H,20,21,22). The molecule has 0 aliphatic carbocycles. The van der Waals surface area contributed by atoms with Crippen molar-refractivity contribution in [3.05, 3.63) is 72.7 Å². The fraction of sp³-hybridized carbons (Fsp3) is 0. The molecule has 0 aliphatic heterocycles. The minimum Gasteiger partial charge on any atom is -0.476 e. The minimum absolute atomic E-state index is 0.0752. The Morgan fingerprint density at radius 2 is 1.73 bits per heavy atom. The first-order valence-electron chi connectivity index (χ1n) is 7.73. The summed E-state index contributed by atoms with van der Waals surface area (Å²) in [7, 11) is 0. The highest BCUT2D eigenvalue weighted by atomic mass is 16.5. The molecule has 0 amide bonds. The number of benzene rings is 2. The van der Waals surface area contributed by atoms with Gasteiger partial charge in [0.2, 0.25) is 5.69 Å². The highest BCUT2D eigenvalue weighted by Gasteiger charge is 2.16. The molecule has 0 bridgehead atoms. The van der Waals surface area contributed by atoms with E-state index in [9.17, 15) is 4.79 Å². The van der Waals surface area contributed by atoms with Crippen LogP contribution in [-0.2, 0) is 0 Å². The number of H-pyrrole nitrogens is 1. The second-order valence-corrected chi connectivity index (χ2v) is 5.42. The van der Waals surface area contributed by atoms with Crippen molar-refractivity contribution >= 4 is 5.97 Å². The fourth-order valence-electron chi connectivity index (χ4n) is 2.48. The number of aromatic amines is 1. The van der Waals surface area contributed by atoms with Gasteiger partial charge in [-0.05, 0) is 41.5 Å². The number of aromatic nitrogens is 5. The van der Waals surface area contributed by atoms with Crippen molar-refractivity contribution in [2.45, 2.75) is 0 Å². The summed E-state index contributed by atoms with van der Waals surface area (Å²) in [6.45, 7) is 0. The SMILES string of the molecule is O=C(O)c1[nH]nnc1Oc1ccc(-c2ccc(-n3cccn3)cc2)cc1. The van der Waals surface area contributed by atoms with E-state index in [4.69, 9.17) is 9.84 Å². The molecule has 0 saturated carbocycles. The summed E-state index contributed by atoms with van der Waals surface area (Å²) in [5.74, 6) is -0.786. The predicted octanol–water partition coefficient (Wildman–Crippen LogP) is 3.15. The summed E-state index contributed by atoms with van der Waals surface area (Å²) in [5.41, 5.74) is 2.83. The number of carboxylic acids is 1. The molecule has 0 spiro atoms. The smallest absolute Gasteiger partial charge is 0.359 e. The van der Waals surface area contributed by atoms with Crippen LogP contribution in [0.4, 0.5) is 0 Å². The molecule has 8 nitrogen and oxygen atoms in total. The molecule has 2 N–H and O–H groups in total. The van der Waals surface area contributed by atoms with Crippen molar-refractivity contribution in [3.8, 4) is 28.4 Å². The Hall–Kier alpha value is -3.94. The lowest BCUT2D eigenvalue weighted by molar-refractivity contribution is 0.0687. The lowest BCUT2D eigenvalue weighted by Crippen LogP contribution is -1.99. The van der Waals surface area contributed by atoms with Gasteiger partial charge in [0.1, 0.15) is 5.75 Å². The summed E-state index contributed by atoms with van der Waals surface area (Å²) in [5, 5.41) is 22.6. The summed E-state index contributed by atoms with van der Waals surface area (Å²) in [4.78, 5) is 11.0. The van der Waals surface area contributed by atoms with E-state index in [1.807, 2.05) is 48.7 Å². The first-order valence-corrected chi connectivity index (χ1v) is 7.73. The second kappa shape index (κ2) is 6.52. The fourth-order valence-corrected chi connectivity index (χ4v) is 2.48. The lowest BCUT2D eigenvalue weighted by atomic mass is 10.1. The number of carboxylic acid groups (broad SMARTS) is 1. The summed E-state index contributed by atoms with van der Waals surface area (Å²) in [6.07, 6.45) is 3.62. The first kappa shape index (κ1) is 15.6. The molecule has 4 aromatic rings. The van der Waals surface area contributed by atoms with Gasteiger partial charge in [-0.1, -0.05) is 34.6 Å². The van der Waals surface area contributed by atoms with Gasteiger partial charge >= 0.3 is 5.97 Å². The molecule has 0 radical (unpaired) electrons. The molecular weight excluding hydrogens is 334 g/mol. The van der Waals surface area contributed by atoms with Gasteiger partial charge < -0.3 is 9.84 Å². The van der Waals surface area contributed by atoms with Crippen LogP contribution in [0.15, 0.2) is 67.0 Å². The Balaban J connectivity index is 1.52. The average molecular weight is 347 g/mol. The van der Waals surface area contributed by atoms with E-state index in [1.54, 1.807) is 23.0 Å². The third-order valence-electron chi connectivity index (χ3n) is 3.77. The van der Waals surface area contributed by atoms with Gasteiger partial charge in [-0.2, -0.15) is 5.10 Å². The van der Waals surface area contributed by atoms with Gasteiger partial charge in [0.05, 0.1) is 5.69 Å². The number of rotatable bonds is 5. The Kier molecular flexibility index (Phi) is 3.91. The number of nitrogens with one attached hydrogen (secondary N) is 1. The van der Waals surface area contributed by atoms with E-state index in [-0.39, 0.29) is 11.6 Å². The van der Waals surface area contributed by atoms with Crippen LogP contribution in [0.3, 0.4) is 0 Å². The number of nitrogens with zero attached hydrogens (tertiary/aromatic N) is 4. The Morgan fingerprint density at radius 3 is 2.35 bits per heavy atom. The molecule has 26 heavy (non-hydrogen) atoms. The molecule has 2 aromatic carbocycles. The first-order chi connectivity index (χ1) is 12.7. The van der Waals surface area contributed by atoms with Gasteiger partial charge in [0.25, 0.3) is 5.88 Å². The zero-order valence-electron chi connectivity index (χ0n) is 13.4. The number of carbonyl (C=O) groups is 1. The number of aromatic carboxylic acids is 1. The molecule has 8 heteroatoms. The summed E-state index contributed by atoms with van der Waals surface area (Å²) in [6, 6.07) is 17.1. The highest BCUT2D eigenvalue weighted by Crippen LogP contribution is 2.26. The molecule has 4 rings (SSSR count). The molecule has 0 fully saturated rings. The molecule has 0 unspecified atom stereocenters. The third-order valence-corrected chi connectivity index (χ3v) is 3.77. The maximum atomic E-state index is 11.0. The number of hydrogen-bond acceptors (Lipinski definition) is 5. The van der Waals surface area contributed by atoms with Crippen molar-refractivity contribution in [1.82, 2.24) is 25.2 Å². The molecule has 0 atom stereocenters. The van der Waals surface area contributed by atoms with Gasteiger partial charge in [-0.3, -0.25) is 0 Å². The molecule has 2 heterocycles. The summed E-state index contributed by atoms with van der Waals surface area (Å²) < 4.78 is 7.26. The molecule has 2 aromatic heterocycles. The van der Waals surface area contributed by atoms with Crippen LogP contribution in [0.2, 0.25) is 0 Å². The molecular formula is C18H13N5O3. The van der Waals surface area contributed by atoms with Crippen LogP contribution in [-0.4, -0.2) is 36.3 Å². The Morgan fingerprint density at radius 1 is 1.04 bits per heavy atom. The van der Waals surface area contributed by atoms with E-state index in [2.05, 4.69) is 20.5 Å². The maximum Gasteiger partial charge on any atom is 0.359 e. The summed E-state index contributed by atoms with van der Waals surface area (Å²) >= 11 is 0. The van der Waals surface area contributed by atoms with E-state index >= 15 is 0 Å². The monoisotopic (exact) mass is 347 g/mol. The molecule has 0 aliphatic rings. The molecule has 0 saturated heterocycles. The zero-order chi connectivity index (χ0) is 17.9. The van der Waals surface area contributed by atoms with Gasteiger partial charge in [0, 0.05) is 12.4 Å². The van der Waals surface area contributed by atoms with Gasteiger partial charge in [-0.15, -0.1) is 0 Å². The van der Waals surface area contributed by atoms with E-state index < -0.39 is 5.97 Å². The van der Waals surface area contributed by atoms with E-state index in [0.29, 0.717) is 5.75 Å². The zero-order valence-corrected chi connectivity index (χ0v) is 13.4. The van der Waals surface area contributed by atoms with Gasteiger partial charge in [-0.25, -0.2) is 14.6 Å². The van der Waals surface area contributed by atoms with Crippen LogP contribution in [0.5, 0.6) is 11.6 Å². The van der Waals surface area contributed by atoms with Crippen LogP contribution in [0.1, 0.15) is 10.5 Å². The quantitative estimate of drug-likeness (QED) is 0.574. The topological polar surface area (TPSA) is 106 Å². The van der Waals surface area contributed by atoms with E-state index in [1.165, 1.54) is 0 Å². The highest BCUT2D eigenvalue weighted by molar-refractivity contribution is 5.87. The number of hydrogen-bond donors (Lipinski definition) is 2. The van der Waals surface area contributed by atoms with Crippen molar-refractivity contribution in [3.63, 3.8) is 0 Å².